The largest absolute Gasteiger partial charge is 0.322 e. The molecular formula is C16H13BrN4OS2. The molecule has 122 valence electrons. The van der Waals surface area contributed by atoms with Crippen molar-refractivity contribution in [3.05, 3.63) is 45.2 Å². The second kappa shape index (κ2) is 6.70. The van der Waals surface area contributed by atoms with Crippen LogP contribution in [-0.4, -0.2) is 34.0 Å². The standard InChI is InChI=1S/C16H13BrN4OS2/c17-11-3-1-10(2-4-11)13-9-23-15(19-13)20-14(22)7-12-8-24-16-18-5-6-21(12)16/h1-4,8-9H,5-7H2,(H,19,20,22). The van der Waals surface area contributed by atoms with Gasteiger partial charge in [0.1, 0.15) is 0 Å². The molecule has 1 aromatic carbocycles. The maximum Gasteiger partial charge on any atom is 0.232 e. The van der Waals surface area contributed by atoms with E-state index in [0.717, 1.165) is 39.7 Å². The van der Waals surface area contributed by atoms with Gasteiger partial charge in [0.2, 0.25) is 5.91 Å². The lowest BCUT2D eigenvalue weighted by Gasteiger charge is -2.15. The summed E-state index contributed by atoms with van der Waals surface area (Å²) in [6.45, 7) is 1.68. The number of hydrogen-bond donors (Lipinski definition) is 1. The molecule has 0 saturated heterocycles. The number of rotatable bonds is 4. The van der Waals surface area contributed by atoms with E-state index in [1.165, 1.54) is 11.3 Å². The van der Waals surface area contributed by atoms with Crippen molar-refractivity contribution in [2.75, 3.05) is 18.4 Å². The first-order valence-electron chi connectivity index (χ1n) is 7.38. The topological polar surface area (TPSA) is 57.6 Å². The predicted octanol–water partition coefficient (Wildman–Crippen LogP) is 4.16. The summed E-state index contributed by atoms with van der Waals surface area (Å²) in [5.41, 5.74) is 2.91. The smallest absolute Gasteiger partial charge is 0.232 e. The third kappa shape index (κ3) is 3.26. The van der Waals surface area contributed by atoms with Crippen molar-refractivity contribution in [1.29, 1.82) is 0 Å². The van der Waals surface area contributed by atoms with Gasteiger partial charge in [0.05, 0.1) is 18.7 Å². The molecule has 0 fully saturated rings. The normalized spacial score (nSPS) is 16.0. The number of fused-ring (bicyclic) bond motifs is 1. The Morgan fingerprint density at radius 2 is 2.17 bits per heavy atom. The first kappa shape index (κ1) is 15.9. The minimum Gasteiger partial charge on any atom is -0.322 e. The molecule has 0 spiro atoms. The van der Waals surface area contributed by atoms with Crippen molar-refractivity contribution in [2.45, 2.75) is 6.42 Å². The molecule has 1 aromatic heterocycles. The number of anilines is 1. The Labute approximate surface area is 156 Å². The Balaban J connectivity index is 1.40. The van der Waals surface area contributed by atoms with Gasteiger partial charge in [-0.3, -0.25) is 9.79 Å². The summed E-state index contributed by atoms with van der Waals surface area (Å²) in [5, 5.41) is 8.48. The third-order valence-electron chi connectivity index (χ3n) is 3.68. The maximum absolute atomic E-state index is 12.3. The second-order valence-electron chi connectivity index (χ2n) is 5.31. The van der Waals surface area contributed by atoms with Crippen LogP contribution < -0.4 is 5.32 Å². The van der Waals surface area contributed by atoms with Gasteiger partial charge < -0.3 is 10.2 Å². The number of halogens is 1. The number of carbonyl (C=O) groups is 1. The highest BCUT2D eigenvalue weighted by Crippen LogP contribution is 2.31. The number of amidine groups is 1. The van der Waals surface area contributed by atoms with Crippen LogP contribution in [0.5, 0.6) is 0 Å². The molecule has 2 aliphatic heterocycles. The van der Waals surface area contributed by atoms with E-state index >= 15 is 0 Å². The van der Waals surface area contributed by atoms with Crippen LogP contribution in [0.4, 0.5) is 5.13 Å². The summed E-state index contributed by atoms with van der Waals surface area (Å²) < 4.78 is 1.03. The number of amides is 1. The number of nitrogens with one attached hydrogen (secondary N) is 1. The van der Waals surface area contributed by atoms with E-state index in [0.29, 0.717) is 11.6 Å². The van der Waals surface area contributed by atoms with Crippen molar-refractivity contribution in [1.82, 2.24) is 9.88 Å². The molecule has 0 aliphatic carbocycles. The molecule has 24 heavy (non-hydrogen) atoms. The van der Waals surface area contributed by atoms with Crippen LogP contribution in [0.25, 0.3) is 11.3 Å². The summed E-state index contributed by atoms with van der Waals surface area (Å²) in [5.74, 6) is -0.0493. The quantitative estimate of drug-likeness (QED) is 0.806. The van der Waals surface area contributed by atoms with E-state index in [2.05, 4.69) is 36.1 Å². The Bertz CT molecular complexity index is 844. The molecule has 0 unspecified atom stereocenters. The minimum atomic E-state index is -0.0493. The molecule has 4 rings (SSSR count). The summed E-state index contributed by atoms with van der Waals surface area (Å²) in [7, 11) is 0. The fourth-order valence-electron chi connectivity index (χ4n) is 2.53. The third-order valence-corrected chi connectivity index (χ3v) is 5.92. The average Bonchev–Trinajstić information content (AvgIpc) is 3.27. The highest BCUT2D eigenvalue weighted by Gasteiger charge is 2.27. The minimum absolute atomic E-state index is 0.0493. The molecule has 8 heteroatoms. The van der Waals surface area contributed by atoms with Crippen LogP contribution in [0.1, 0.15) is 6.42 Å². The Hall–Kier alpha value is -1.64. The van der Waals surface area contributed by atoms with Crippen molar-refractivity contribution >= 4 is 55.2 Å². The molecular weight excluding hydrogens is 408 g/mol. The van der Waals surface area contributed by atoms with Crippen molar-refractivity contribution in [2.24, 2.45) is 4.99 Å². The fraction of sp³-hybridized carbons (Fsp3) is 0.188. The molecule has 0 saturated carbocycles. The van der Waals surface area contributed by atoms with Crippen LogP contribution in [0.2, 0.25) is 0 Å². The molecule has 0 bridgehead atoms. The molecule has 3 heterocycles. The molecule has 1 N–H and O–H groups in total. The van der Waals surface area contributed by atoms with Gasteiger partial charge in [-0.1, -0.05) is 39.8 Å². The van der Waals surface area contributed by atoms with Crippen LogP contribution in [0.15, 0.2) is 50.2 Å². The number of aromatic nitrogens is 1. The summed E-state index contributed by atoms with van der Waals surface area (Å²) in [6, 6.07) is 7.96. The van der Waals surface area contributed by atoms with Crippen molar-refractivity contribution in [3.8, 4) is 11.3 Å². The van der Waals surface area contributed by atoms with E-state index < -0.39 is 0 Å². The van der Waals surface area contributed by atoms with Crippen LogP contribution >= 0.6 is 39.0 Å². The summed E-state index contributed by atoms with van der Waals surface area (Å²) in [6.07, 6.45) is 0.346. The van der Waals surface area contributed by atoms with Gasteiger partial charge in [0, 0.05) is 27.7 Å². The average molecular weight is 421 g/mol. The predicted molar refractivity (Wildman–Crippen MR) is 103 cm³/mol. The number of carbonyl (C=O) groups excluding carboxylic acids is 1. The molecule has 2 aromatic rings. The van der Waals surface area contributed by atoms with Gasteiger partial charge in [-0.25, -0.2) is 4.98 Å². The molecule has 1 amide bonds. The number of benzene rings is 1. The molecule has 0 atom stereocenters. The summed E-state index contributed by atoms with van der Waals surface area (Å²) >= 11 is 6.45. The Kier molecular flexibility index (Phi) is 4.43. The lowest BCUT2D eigenvalue weighted by atomic mass is 10.2. The second-order valence-corrected chi connectivity index (χ2v) is 7.92. The van der Waals surface area contributed by atoms with E-state index in [9.17, 15) is 4.79 Å². The van der Waals surface area contributed by atoms with Crippen molar-refractivity contribution in [3.63, 3.8) is 0 Å². The van der Waals surface area contributed by atoms with Crippen molar-refractivity contribution < 1.29 is 4.79 Å². The Morgan fingerprint density at radius 1 is 1.33 bits per heavy atom. The lowest BCUT2D eigenvalue weighted by molar-refractivity contribution is -0.115. The number of thioether (sulfide) groups is 1. The van der Waals surface area contributed by atoms with Gasteiger partial charge in [0.25, 0.3) is 0 Å². The van der Waals surface area contributed by atoms with Crippen LogP contribution in [-0.2, 0) is 4.79 Å². The van der Waals surface area contributed by atoms with E-state index in [-0.39, 0.29) is 5.91 Å². The van der Waals surface area contributed by atoms with Gasteiger partial charge in [0.15, 0.2) is 10.3 Å². The van der Waals surface area contributed by atoms with Gasteiger partial charge >= 0.3 is 0 Å². The molecule has 0 radical (unpaired) electrons. The fourth-order valence-corrected chi connectivity index (χ4v) is 4.48. The zero-order chi connectivity index (χ0) is 16.5. The number of aliphatic imine (C=N–C) groups is 1. The first-order valence-corrected chi connectivity index (χ1v) is 9.93. The monoisotopic (exact) mass is 420 g/mol. The van der Waals surface area contributed by atoms with Crippen LogP contribution in [0.3, 0.4) is 0 Å². The van der Waals surface area contributed by atoms with Crippen LogP contribution in [0, 0.1) is 0 Å². The van der Waals surface area contributed by atoms with Gasteiger partial charge in [-0.15, -0.1) is 11.3 Å². The van der Waals surface area contributed by atoms with E-state index in [4.69, 9.17) is 0 Å². The highest BCUT2D eigenvalue weighted by atomic mass is 79.9. The van der Waals surface area contributed by atoms with E-state index in [1.807, 2.05) is 35.1 Å². The zero-order valence-electron chi connectivity index (χ0n) is 12.5. The molecule has 5 nitrogen and oxygen atoms in total. The highest BCUT2D eigenvalue weighted by molar-refractivity contribution is 9.10. The molecule has 2 aliphatic rings. The number of thiazole rings is 1. The lowest BCUT2D eigenvalue weighted by Crippen LogP contribution is -2.24. The SMILES string of the molecule is O=C(CC1=CSC2=NCCN12)Nc1nc(-c2ccc(Br)cc2)cs1. The van der Waals surface area contributed by atoms with Gasteiger partial charge in [-0.05, 0) is 17.5 Å². The van der Waals surface area contributed by atoms with Gasteiger partial charge in [-0.2, -0.15) is 0 Å². The Morgan fingerprint density at radius 3 is 3.00 bits per heavy atom. The zero-order valence-corrected chi connectivity index (χ0v) is 15.7. The first-order chi connectivity index (χ1) is 11.7. The van der Waals surface area contributed by atoms with E-state index in [1.54, 1.807) is 11.8 Å². The maximum atomic E-state index is 12.3. The summed E-state index contributed by atoms with van der Waals surface area (Å²) in [4.78, 5) is 23.3. The number of nitrogens with zero attached hydrogens (tertiary/aromatic N) is 3. The number of hydrogen-bond acceptors (Lipinski definition) is 6.